The van der Waals surface area contributed by atoms with E-state index < -0.39 is 6.10 Å². The Hall–Kier alpha value is -2.89. The minimum Gasteiger partial charge on any atom is -0.462 e. The molecule has 0 aliphatic rings. The van der Waals surface area contributed by atoms with Gasteiger partial charge in [-0.15, -0.1) is 0 Å². The number of carbonyl (C=O) groups excluding carboxylic acids is 3. The molecule has 0 saturated heterocycles. The highest BCUT2D eigenvalue weighted by molar-refractivity contribution is 5.71. The van der Waals surface area contributed by atoms with E-state index >= 15 is 0 Å². The van der Waals surface area contributed by atoms with Gasteiger partial charge >= 0.3 is 17.9 Å². The Morgan fingerprint density at radius 2 is 0.619 bits per heavy atom. The number of carbonyl (C=O) groups is 3. The summed E-state index contributed by atoms with van der Waals surface area (Å²) in [5.41, 5.74) is 0. The minimum absolute atomic E-state index is 0.0717. The molecule has 6 heteroatoms. The topological polar surface area (TPSA) is 78.9 Å². The first kappa shape index (κ1) is 60.1. The number of allylic oxidation sites excluding steroid dienone is 10. The van der Waals surface area contributed by atoms with Gasteiger partial charge in [0, 0.05) is 19.3 Å². The standard InChI is InChI=1S/C57H100O6/c1-4-7-10-13-15-17-19-20-21-22-23-24-25-26-27-28-29-30-31-32-33-34-35-36-38-39-41-44-47-50-56(59)62-53-54(52-61-55(58)49-46-43-12-9-6-3)63-57(60)51-48-45-42-40-37-18-16-14-11-8-5-2/h7,10,15,17,20-21,23-24,26-27,54H,4-6,8-9,11-14,16,18-19,22,25,28-53H2,1-3H3/b10-7-,17-15-,21-20-,24-23-,27-26-. The molecule has 0 aliphatic heterocycles. The number of hydrogen-bond acceptors (Lipinski definition) is 6. The van der Waals surface area contributed by atoms with Gasteiger partial charge in [0.25, 0.3) is 0 Å². The minimum atomic E-state index is -0.765. The van der Waals surface area contributed by atoms with Crippen LogP contribution >= 0.6 is 0 Å². The molecule has 0 aromatic heterocycles. The van der Waals surface area contributed by atoms with Gasteiger partial charge in [-0.05, 0) is 64.2 Å². The Morgan fingerprint density at radius 1 is 0.333 bits per heavy atom. The fourth-order valence-electron chi connectivity index (χ4n) is 7.53. The zero-order valence-corrected chi connectivity index (χ0v) is 41.6. The monoisotopic (exact) mass is 881 g/mol. The largest absolute Gasteiger partial charge is 0.462 e. The van der Waals surface area contributed by atoms with Gasteiger partial charge in [-0.25, -0.2) is 0 Å². The zero-order chi connectivity index (χ0) is 45.8. The molecule has 63 heavy (non-hydrogen) atoms. The van der Waals surface area contributed by atoms with Crippen LogP contribution in [0.15, 0.2) is 60.8 Å². The summed E-state index contributed by atoms with van der Waals surface area (Å²) in [4.78, 5) is 37.6. The van der Waals surface area contributed by atoms with Gasteiger partial charge in [0.05, 0.1) is 0 Å². The van der Waals surface area contributed by atoms with E-state index in [9.17, 15) is 14.4 Å². The van der Waals surface area contributed by atoms with Crippen molar-refractivity contribution in [3.63, 3.8) is 0 Å². The number of rotatable bonds is 48. The molecule has 0 radical (unpaired) electrons. The Labute approximate surface area is 390 Å². The van der Waals surface area contributed by atoms with Crippen LogP contribution in [0.5, 0.6) is 0 Å². The Morgan fingerprint density at radius 3 is 0.968 bits per heavy atom. The van der Waals surface area contributed by atoms with Crippen LogP contribution < -0.4 is 0 Å². The normalized spacial score (nSPS) is 12.5. The van der Waals surface area contributed by atoms with E-state index in [1.165, 1.54) is 128 Å². The second kappa shape index (κ2) is 51.7. The molecule has 1 atom stereocenters. The summed E-state index contributed by atoms with van der Waals surface area (Å²) in [6.07, 6.45) is 64.0. The third-order valence-corrected chi connectivity index (χ3v) is 11.5. The molecule has 0 aromatic rings. The highest BCUT2D eigenvalue weighted by Crippen LogP contribution is 2.16. The SMILES string of the molecule is CC/C=C\C/C=C\C/C=C\C/C=C\C/C=C\CCCCCCCCCCCCCCCC(=O)OCC(COC(=O)CCCCCCC)OC(=O)CCCCCCCCCCCCC. The van der Waals surface area contributed by atoms with Crippen LogP contribution in [0.2, 0.25) is 0 Å². The molecule has 364 valence electrons. The fraction of sp³-hybridized carbons (Fsp3) is 0.772. The van der Waals surface area contributed by atoms with E-state index in [1.807, 2.05) is 0 Å². The fourth-order valence-corrected chi connectivity index (χ4v) is 7.53. The van der Waals surface area contributed by atoms with Gasteiger partial charge in [-0.2, -0.15) is 0 Å². The third kappa shape index (κ3) is 50.0. The van der Waals surface area contributed by atoms with Crippen LogP contribution in [0.25, 0.3) is 0 Å². The molecule has 0 spiro atoms. The zero-order valence-electron chi connectivity index (χ0n) is 41.6. The molecule has 0 saturated carbocycles. The molecular weight excluding hydrogens is 781 g/mol. The van der Waals surface area contributed by atoms with E-state index in [-0.39, 0.29) is 31.1 Å². The molecule has 0 aromatic carbocycles. The van der Waals surface area contributed by atoms with E-state index in [0.29, 0.717) is 19.3 Å². The van der Waals surface area contributed by atoms with Gasteiger partial charge in [0.15, 0.2) is 6.10 Å². The van der Waals surface area contributed by atoms with Crippen LogP contribution in [0.1, 0.15) is 265 Å². The smallest absolute Gasteiger partial charge is 0.306 e. The van der Waals surface area contributed by atoms with Gasteiger partial charge in [0.1, 0.15) is 13.2 Å². The lowest BCUT2D eigenvalue weighted by Gasteiger charge is -2.18. The molecule has 0 fully saturated rings. The number of unbranched alkanes of at least 4 members (excludes halogenated alkanes) is 27. The number of hydrogen-bond donors (Lipinski definition) is 0. The van der Waals surface area contributed by atoms with E-state index in [0.717, 1.165) is 96.3 Å². The summed E-state index contributed by atoms with van der Waals surface area (Å²) in [5, 5.41) is 0. The van der Waals surface area contributed by atoms with E-state index in [2.05, 4.69) is 81.5 Å². The molecule has 0 rings (SSSR count). The molecule has 0 N–H and O–H groups in total. The Bertz CT molecular complexity index is 1150. The van der Waals surface area contributed by atoms with Crippen molar-refractivity contribution in [3.05, 3.63) is 60.8 Å². The lowest BCUT2D eigenvalue weighted by atomic mass is 10.0. The maximum Gasteiger partial charge on any atom is 0.306 e. The highest BCUT2D eigenvalue weighted by atomic mass is 16.6. The average Bonchev–Trinajstić information content (AvgIpc) is 3.28. The van der Waals surface area contributed by atoms with Gasteiger partial charge < -0.3 is 14.2 Å². The lowest BCUT2D eigenvalue weighted by molar-refractivity contribution is -0.167. The lowest BCUT2D eigenvalue weighted by Crippen LogP contribution is -2.30. The van der Waals surface area contributed by atoms with Crippen LogP contribution in [0, 0.1) is 0 Å². The molecule has 0 heterocycles. The summed E-state index contributed by atoms with van der Waals surface area (Å²) in [5.74, 6) is -0.882. The summed E-state index contributed by atoms with van der Waals surface area (Å²) in [7, 11) is 0. The Balaban J connectivity index is 3.98. The Kier molecular flexibility index (Phi) is 49.4. The number of ether oxygens (including phenoxy) is 3. The van der Waals surface area contributed by atoms with E-state index in [4.69, 9.17) is 14.2 Å². The van der Waals surface area contributed by atoms with Crippen molar-refractivity contribution < 1.29 is 28.6 Å². The van der Waals surface area contributed by atoms with Crippen molar-refractivity contribution in [2.45, 2.75) is 271 Å². The second-order valence-corrected chi connectivity index (χ2v) is 17.8. The summed E-state index contributed by atoms with van der Waals surface area (Å²) < 4.78 is 16.7. The maximum absolute atomic E-state index is 12.7. The molecule has 6 nitrogen and oxygen atoms in total. The molecule has 0 aliphatic carbocycles. The van der Waals surface area contributed by atoms with Crippen LogP contribution in [0.4, 0.5) is 0 Å². The van der Waals surface area contributed by atoms with Gasteiger partial charge in [-0.3, -0.25) is 14.4 Å². The predicted octanol–water partition coefficient (Wildman–Crippen LogP) is 17.6. The van der Waals surface area contributed by atoms with Crippen molar-refractivity contribution in [2.75, 3.05) is 13.2 Å². The first-order valence-electron chi connectivity index (χ1n) is 26.8. The van der Waals surface area contributed by atoms with Crippen molar-refractivity contribution in [2.24, 2.45) is 0 Å². The van der Waals surface area contributed by atoms with Crippen LogP contribution in [-0.4, -0.2) is 37.2 Å². The average molecular weight is 881 g/mol. The third-order valence-electron chi connectivity index (χ3n) is 11.5. The van der Waals surface area contributed by atoms with Crippen molar-refractivity contribution >= 4 is 17.9 Å². The first-order valence-corrected chi connectivity index (χ1v) is 26.8. The summed E-state index contributed by atoms with van der Waals surface area (Å²) in [6, 6.07) is 0. The van der Waals surface area contributed by atoms with Crippen LogP contribution in [0.3, 0.4) is 0 Å². The van der Waals surface area contributed by atoms with E-state index in [1.54, 1.807) is 0 Å². The summed E-state index contributed by atoms with van der Waals surface area (Å²) in [6.45, 7) is 6.44. The summed E-state index contributed by atoms with van der Waals surface area (Å²) >= 11 is 0. The molecule has 0 bridgehead atoms. The quantitative estimate of drug-likeness (QED) is 0.0262. The molecule has 1 unspecified atom stereocenters. The van der Waals surface area contributed by atoms with Crippen molar-refractivity contribution in [1.29, 1.82) is 0 Å². The van der Waals surface area contributed by atoms with Crippen molar-refractivity contribution in [3.8, 4) is 0 Å². The maximum atomic E-state index is 12.7. The van der Waals surface area contributed by atoms with Gasteiger partial charge in [-0.1, -0.05) is 242 Å². The first-order chi connectivity index (χ1) is 31.0. The number of esters is 3. The molecule has 0 amide bonds. The van der Waals surface area contributed by atoms with Crippen LogP contribution in [-0.2, 0) is 28.6 Å². The van der Waals surface area contributed by atoms with Gasteiger partial charge in [0.2, 0.25) is 0 Å². The molecular formula is C57H100O6. The second-order valence-electron chi connectivity index (χ2n) is 17.8. The van der Waals surface area contributed by atoms with Crippen molar-refractivity contribution in [1.82, 2.24) is 0 Å². The highest BCUT2D eigenvalue weighted by Gasteiger charge is 2.19. The predicted molar refractivity (Wildman–Crippen MR) is 270 cm³/mol.